The third-order valence-corrected chi connectivity index (χ3v) is 7.64. The molecule has 0 heterocycles. The minimum absolute atomic E-state index is 0.215. The standard InChI is InChI=1S/C36H51N3O4/c1-10-13-14-15-18-24-39(34(41)31(25(4)11-2)38-35(42)43-36(7,8)9)32(29-23-17-16-22-28(29)12-3)33(40)37-30-26(5)20-19-21-27(30)6/h3,16-17,19-23,25,31-32H,10-11,13-15,18,24H2,1-2,4-9H3,(H,37,40)(H,38,42). The van der Waals surface area contributed by atoms with Crippen molar-refractivity contribution in [3.05, 3.63) is 64.7 Å². The number of carbonyl (C=O) groups is 3. The summed E-state index contributed by atoms with van der Waals surface area (Å²) in [4.78, 5) is 43.5. The van der Waals surface area contributed by atoms with Gasteiger partial charge in [-0.25, -0.2) is 4.79 Å². The third kappa shape index (κ3) is 10.5. The minimum Gasteiger partial charge on any atom is -0.444 e. The first kappa shape index (κ1) is 35.4. The van der Waals surface area contributed by atoms with E-state index >= 15 is 0 Å². The molecule has 3 amide bonds. The summed E-state index contributed by atoms with van der Waals surface area (Å²) in [5.41, 5.74) is 2.91. The Morgan fingerprint density at radius 1 is 0.953 bits per heavy atom. The number of rotatable bonds is 14. The monoisotopic (exact) mass is 589 g/mol. The lowest BCUT2D eigenvalue weighted by Gasteiger charge is -2.36. The lowest BCUT2D eigenvalue weighted by Crippen LogP contribution is -2.55. The Bertz CT molecular complexity index is 1250. The molecule has 0 bridgehead atoms. The zero-order chi connectivity index (χ0) is 32.2. The lowest BCUT2D eigenvalue weighted by atomic mass is 9.93. The predicted molar refractivity (Wildman–Crippen MR) is 175 cm³/mol. The van der Waals surface area contributed by atoms with Crippen molar-refractivity contribution in [1.29, 1.82) is 0 Å². The van der Waals surface area contributed by atoms with E-state index in [1.165, 1.54) is 0 Å². The molecule has 2 N–H and O–H groups in total. The van der Waals surface area contributed by atoms with Gasteiger partial charge in [-0.3, -0.25) is 9.59 Å². The summed E-state index contributed by atoms with van der Waals surface area (Å²) < 4.78 is 5.53. The maximum absolute atomic E-state index is 14.6. The predicted octanol–water partition coefficient (Wildman–Crippen LogP) is 7.70. The fourth-order valence-electron chi connectivity index (χ4n) is 5.07. The maximum Gasteiger partial charge on any atom is 0.408 e. The van der Waals surface area contributed by atoms with Crippen molar-refractivity contribution in [3.8, 4) is 12.3 Å². The molecule has 0 saturated heterocycles. The molecule has 0 fully saturated rings. The lowest BCUT2D eigenvalue weighted by molar-refractivity contribution is -0.142. The van der Waals surface area contributed by atoms with E-state index in [-0.39, 0.29) is 17.7 Å². The number of aryl methyl sites for hydroxylation is 2. The van der Waals surface area contributed by atoms with Gasteiger partial charge in [-0.2, -0.15) is 0 Å². The average molecular weight is 590 g/mol. The second-order valence-corrected chi connectivity index (χ2v) is 12.3. The van der Waals surface area contributed by atoms with Gasteiger partial charge < -0.3 is 20.3 Å². The number of terminal acetylenes is 1. The number of alkyl carbamates (subject to hydrolysis) is 1. The Kier molecular flexibility index (Phi) is 13.8. The second-order valence-electron chi connectivity index (χ2n) is 12.3. The fraction of sp³-hybridized carbons (Fsp3) is 0.528. The zero-order valence-corrected chi connectivity index (χ0v) is 27.4. The van der Waals surface area contributed by atoms with Crippen LogP contribution in [0.2, 0.25) is 0 Å². The number of hydrogen-bond donors (Lipinski definition) is 2. The number of para-hydroxylation sites is 1. The summed E-state index contributed by atoms with van der Waals surface area (Å²) in [5.74, 6) is 1.79. The van der Waals surface area contributed by atoms with Gasteiger partial charge >= 0.3 is 6.09 Å². The van der Waals surface area contributed by atoms with E-state index in [0.29, 0.717) is 36.2 Å². The van der Waals surface area contributed by atoms with E-state index in [0.717, 1.165) is 36.8 Å². The summed E-state index contributed by atoms with van der Waals surface area (Å²) >= 11 is 0. The van der Waals surface area contributed by atoms with Gasteiger partial charge in [-0.05, 0) is 69.7 Å². The van der Waals surface area contributed by atoms with Gasteiger partial charge in [-0.15, -0.1) is 6.42 Å². The number of hydrogen-bond acceptors (Lipinski definition) is 4. The third-order valence-electron chi connectivity index (χ3n) is 7.64. The summed E-state index contributed by atoms with van der Waals surface area (Å²) in [6, 6.07) is 11.1. The number of nitrogens with one attached hydrogen (secondary N) is 2. The molecule has 7 nitrogen and oxygen atoms in total. The average Bonchev–Trinajstić information content (AvgIpc) is 2.95. The SMILES string of the molecule is C#Cc1ccccc1C(C(=O)Nc1c(C)cccc1C)N(CCCCCCC)C(=O)C(NC(=O)OC(C)(C)C)C(C)CC. The van der Waals surface area contributed by atoms with Crippen molar-refractivity contribution < 1.29 is 19.1 Å². The first-order chi connectivity index (χ1) is 20.3. The van der Waals surface area contributed by atoms with Crippen LogP contribution in [0, 0.1) is 32.1 Å². The first-order valence-electron chi connectivity index (χ1n) is 15.6. The van der Waals surface area contributed by atoms with Crippen molar-refractivity contribution in [2.75, 3.05) is 11.9 Å². The van der Waals surface area contributed by atoms with Crippen molar-refractivity contribution in [2.24, 2.45) is 5.92 Å². The number of unbranched alkanes of at least 4 members (excludes halogenated alkanes) is 4. The molecule has 3 atom stereocenters. The van der Waals surface area contributed by atoms with E-state index in [2.05, 4.69) is 23.5 Å². The highest BCUT2D eigenvalue weighted by molar-refractivity contribution is 6.00. The molecule has 0 radical (unpaired) electrons. The topological polar surface area (TPSA) is 87.7 Å². The van der Waals surface area contributed by atoms with Crippen LogP contribution < -0.4 is 10.6 Å². The molecule has 2 aromatic rings. The number of ether oxygens (including phenoxy) is 1. The molecule has 0 aliphatic rings. The summed E-state index contributed by atoms with van der Waals surface area (Å²) in [5, 5.41) is 5.95. The largest absolute Gasteiger partial charge is 0.444 e. The normalized spacial score (nSPS) is 13.3. The van der Waals surface area contributed by atoms with Gasteiger partial charge in [-0.1, -0.05) is 95.2 Å². The fourth-order valence-corrected chi connectivity index (χ4v) is 5.07. The molecule has 3 unspecified atom stereocenters. The van der Waals surface area contributed by atoms with Gasteiger partial charge in [0, 0.05) is 17.8 Å². The van der Waals surface area contributed by atoms with Crippen LogP contribution in [0.3, 0.4) is 0 Å². The van der Waals surface area contributed by atoms with Gasteiger partial charge in [0.2, 0.25) is 5.91 Å². The van der Waals surface area contributed by atoms with E-state index in [1.54, 1.807) is 37.8 Å². The number of benzene rings is 2. The molecule has 0 spiro atoms. The smallest absolute Gasteiger partial charge is 0.408 e. The highest BCUT2D eigenvalue weighted by atomic mass is 16.6. The van der Waals surface area contributed by atoms with Gasteiger partial charge in [0.25, 0.3) is 5.91 Å². The Balaban J connectivity index is 2.66. The minimum atomic E-state index is -1.02. The van der Waals surface area contributed by atoms with Crippen LogP contribution in [-0.2, 0) is 14.3 Å². The van der Waals surface area contributed by atoms with Crippen LogP contribution in [-0.4, -0.2) is 41.0 Å². The van der Waals surface area contributed by atoms with Crippen LogP contribution >= 0.6 is 0 Å². The Morgan fingerprint density at radius 2 is 1.58 bits per heavy atom. The first-order valence-corrected chi connectivity index (χ1v) is 15.6. The zero-order valence-electron chi connectivity index (χ0n) is 27.4. The highest BCUT2D eigenvalue weighted by Gasteiger charge is 2.39. The van der Waals surface area contributed by atoms with Crippen LogP contribution in [0.5, 0.6) is 0 Å². The van der Waals surface area contributed by atoms with Crippen molar-refractivity contribution in [2.45, 2.75) is 112 Å². The highest BCUT2D eigenvalue weighted by Crippen LogP contribution is 2.30. The Labute approximate surface area is 259 Å². The van der Waals surface area contributed by atoms with Crippen molar-refractivity contribution in [3.63, 3.8) is 0 Å². The Morgan fingerprint density at radius 3 is 2.16 bits per heavy atom. The van der Waals surface area contributed by atoms with Crippen molar-refractivity contribution in [1.82, 2.24) is 10.2 Å². The number of nitrogens with zero attached hydrogens (tertiary/aromatic N) is 1. The van der Waals surface area contributed by atoms with Crippen LogP contribution in [0.25, 0.3) is 0 Å². The number of carbonyl (C=O) groups excluding carboxylic acids is 3. The molecule has 2 aromatic carbocycles. The van der Waals surface area contributed by atoms with Crippen LogP contribution in [0.1, 0.15) is 108 Å². The van der Waals surface area contributed by atoms with Crippen LogP contribution in [0.4, 0.5) is 10.5 Å². The van der Waals surface area contributed by atoms with E-state index in [4.69, 9.17) is 11.2 Å². The molecule has 2 rings (SSSR count). The van der Waals surface area contributed by atoms with Gasteiger partial charge in [0.1, 0.15) is 17.7 Å². The van der Waals surface area contributed by atoms with Gasteiger partial charge in [0.15, 0.2) is 0 Å². The number of amides is 3. The van der Waals surface area contributed by atoms with Gasteiger partial charge in [0.05, 0.1) is 0 Å². The molecule has 0 aromatic heterocycles. The molecular formula is C36H51N3O4. The molecule has 0 saturated carbocycles. The van der Waals surface area contributed by atoms with E-state index in [9.17, 15) is 14.4 Å². The molecule has 7 heteroatoms. The molecular weight excluding hydrogens is 538 g/mol. The molecule has 234 valence electrons. The maximum atomic E-state index is 14.6. The quantitative estimate of drug-likeness (QED) is 0.175. The second kappa shape index (κ2) is 16.7. The summed E-state index contributed by atoms with van der Waals surface area (Å²) in [6.07, 6.45) is 10.7. The molecule has 0 aliphatic heterocycles. The summed E-state index contributed by atoms with van der Waals surface area (Å²) in [6.45, 7) is 15.6. The van der Waals surface area contributed by atoms with Crippen molar-refractivity contribution >= 4 is 23.6 Å². The number of anilines is 1. The molecule has 43 heavy (non-hydrogen) atoms. The Hall–Kier alpha value is -3.79. The summed E-state index contributed by atoms with van der Waals surface area (Å²) in [7, 11) is 0. The van der Waals surface area contributed by atoms with E-state index < -0.39 is 23.8 Å². The van der Waals surface area contributed by atoms with Crippen LogP contribution in [0.15, 0.2) is 42.5 Å². The molecule has 0 aliphatic carbocycles. The van der Waals surface area contributed by atoms with E-state index in [1.807, 2.05) is 58.0 Å².